The molecular formula is C16H18N2O. The van der Waals surface area contributed by atoms with Gasteiger partial charge in [-0.15, -0.1) is 0 Å². The van der Waals surface area contributed by atoms with E-state index in [-0.39, 0.29) is 5.91 Å². The number of benzene rings is 2. The summed E-state index contributed by atoms with van der Waals surface area (Å²) >= 11 is 0. The van der Waals surface area contributed by atoms with Crippen LogP contribution in [0.4, 0.5) is 11.4 Å². The molecule has 0 unspecified atom stereocenters. The lowest BCUT2D eigenvalue weighted by Gasteiger charge is -2.09. The van der Waals surface area contributed by atoms with Gasteiger partial charge in [0.2, 0.25) is 5.91 Å². The average Bonchev–Trinajstić information content (AvgIpc) is 2.37. The van der Waals surface area contributed by atoms with Gasteiger partial charge in [0.25, 0.3) is 0 Å². The van der Waals surface area contributed by atoms with Gasteiger partial charge in [0.1, 0.15) is 0 Å². The number of nitrogens with two attached hydrogens (primary N) is 1. The molecule has 0 saturated carbocycles. The number of carbonyl (C=O) groups excluding carboxylic acids is 1. The average molecular weight is 254 g/mol. The molecule has 3 heteroatoms. The lowest BCUT2D eigenvalue weighted by molar-refractivity contribution is -0.115. The Morgan fingerprint density at radius 3 is 2.53 bits per heavy atom. The first-order chi connectivity index (χ1) is 9.06. The first-order valence-corrected chi connectivity index (χ1v) is 6.27. The van der Waals surface area contributed by atoms with Gasteiger partial charge in [-0.05, 0) is 48.7 Å². The van der Waals surface area contributed by atoms with Crippen molar-refractivity contribution < 1.29 is 4.79 Å². The third kappa shape index (κ3) is 3.35. The van der Waals surface area contributed by atoms with E-state index < -0.39 is 0 Å². The fourth-order valence-electron chi connectivity index (χ4n) is 1.89. The van der Waals surface area contributed by atoms with Gasteiger partial charge >= 0.3 is 0 Å². The number of anilines is 2. The van der Waals surface area contributed by atoms with E-state index >= 15 is 0 Å². The van der Waals surface area contributed by atoms with Crippen LogP contribution >= 0.6 is 0 Å². The molecule has 0 heterocycles. The van der Waals surface area contributed by atoms with Crippen LogP contribution in [0.5, 0.6) is 0 Å². The van der Waals surface area contributed by atoms with Crippen LogP contribution in [0, 0.1) is 13.8 Å². The van der Waals surface area contributed by atoms with Gasteiger partial charge in [0.05, 0.1) is 6.42 Å². The van der Waals surface area contributed by atoms with Gasteiger partial charge in [-0.25, -0.2) is 0 Å². The number of rotatable bonds is 3. The summed E-state index contributed by atoms with van der Waals surface area (Å²) in [6, 6.07) is 13.3. The summed E-state index contributed by atoms with van der Waals surface area (Å²) in [6.07, 6.45) is 0.291. The third-order valence-corrected chi connectivity index (χ3v) is 3.20. The van der Waals surface area contributed by atoms with Gasteiger partial charge in [-0.1, -0.05) is 24.3 Å². The molecule has 98 valence electrons. The molecule has 0 atom stereocenters. The molecular weight excluding hydrogens is 236 g/mol. The van der Waals surface area contributed by atoms with Crippen LogP contribution in [-0.2, 0) is 11.2 Å². The second kappa shape index (κ2) is 5.57. The van der Waals surface area contributed by atoms with Crippen LogP contribution < -0.4 is 11.1 Å². The Labute approximate surface area is 113 Å². The molecule has 0 aromatic heterocycles. The predicted octanol–water partition coefficient (Wildman–Crippen LogP) is 3.07. The Balaban J connectivity index is 2.05. The number of amides is 1. The SMILES string of the molecule is Cc1ccc(NC(=O)Cc2ccccc2N)cc1C. The largest absolute Gasteiger partial charge is 0.398 e. The van der Waals surface area contributed by atoms with Gasteiger partial charge in [0.15, 0.2) is 0 Å². The van der Waals surface area contributed by atoms with Crippen molar-refractivity contribution in [3.8, 4) is 0 Å². The molecule has 1 amide bonds. The lowest BCUT2D eigenvalue weighted by atomic mass is 10.1. The molecule has 0 aliphatic heterocycles. The number of nitrogen functional groups attached to an aromatic ring is 1. The standard InChI is InChI=1S/C16H18N2O/c1-11-7-8-14(9-12(11)2)18-16(19)10-13-5-3-4-6-15(13)17/h3-9H,10,17H2,1-2H3,(H,18,19). The normalized spacial score (nSPS) is 10.2. The highest BCUT2D eigenvalue weighted by atomic mass is 16.1. The zero-order valence-electron chi connectivity index (χ0n) is 11.2. The van der Waals surface area contributed by atoms with Crippen molar-refractivity contribution in [2.75, 3.05) is 11.1 Å². The second-order valence-corrected chi connectivity index (χ2v) is 4.72. The highest BCUT2D eigenvalue weighted by Crippen LogP contribution is 2.16. The quantitative estimate of drug-likeness (QED) is 0.827. The molecule has 0 aliphatic carbocycles. The summed E-state index contributed by atoms with van der Waals surface area (Å²) in [6.45, 7) is 4.08. The van der Waals surface area contributed by atoms with Crippen molar-refractivity contribution in [2.45, 2.75) is 20.3 Å². The number of nitrogens with one attached hydrogen (secondary N) is 1. The number of para-hydroxylation sites is 1. The van der Waals surface area contributed by atoms with E-state index in [1.54, 1.807) is 6.07 Å². The van der Waals surface area contributed by atoms with Crippen molar-refractivity contribution in [3.05, 3.63) is 59.2 Å². The van der Waals surface area contributed by atoms with Gasteiger partial charge in [0, 0.05) is 11.4 Å². The van der Waals surface area contributed by atoms with E-state index in [1.165, 1.54) is 5.56 Å². The predicted molar refractivity (Wildman–Crippen MR) is 79.1 cm³/mol. The summed E-state index contributed by atoms with van der Waals surface area (Å²) in [4.78, 5) is 12.0. The van der Waals surface area contributed by atoms with Crippen molar-refractivity contribution in [3.63, 3.8) is 0 Å². The topological polar surface area (TPSA) is 55.1 Å². The van der Waals surface area contributed by atoms with E-state index in [1.807, 2.05) is 50.2 Å². The maximum atomic E-state index is 12.0. The summed E-state index contributed by atoms with van der Waals surface area (Å²) in [7, 11) is 0. The lowest BCUT2D eigenvalue weighted by Crippen LogP contribution is -2.15. The van der Waals surface area contributed by atoms with Crippen LogP contribution in [0.15, 0.2) is 42.5 Å². The summed E-state index contributed by atoms with van der Waals surface area (Å²) in [5.41, 5.74) is 10.5. The van der Waals surface area contributed by atoms with Gasteiger partial charge < -0.3 is 11.1 Å². The minimum atomic E-state index is -0.0545. The number of carbonyl (C=O) groups is 1. The fourth-order valence-corrected chi connectivity index (χ4v) is 1.89. The Kier molecular flexibility index (Phi) is 3.85. The molecule has 0 saturated heterocycles. The van der Waals surface area contributed by atoms with Crippen molar-refractivity contribution in [2.24, 2.45) is 0 Å². The Hall–Kier alpha value is -2.29. The van der Waals surface area contributed by atoms with Crippen LogP contribution in [-0.4, -0.2) is 5.91 Å². The molecule has 3 N–H and O–H groups in total. The van der Waals surface area contributed by atoms with E-state index in [9.17, 15) is 4.79 Å². The van der Waals surface area contributed by atoms with E-state index in [0.717, 1.165) is 16.8 Å². The minimum Gasteiger partial charge on any atom is -0.398 e. The highest BCUT2D eigenvalue weighted by molar-refractivity contribution is 5.93. The summed E-state index contributed by atoms with van der Waals surface area (Å²) < 4.78 is 0. The molecule has 19 heavy (non-hydrogen) atoms. The molecule has 0 spiro atoms. The maximum Gasteiger partial charge on any atom is 0.228 e. The maximum absolute atomic E-state index is 12.0. The Bertz CT molecular complexity index is 605. The highest BCUT2D eigenvalue weighted by Gasteiger charge is 2.06. The smallest absolute Gasteiger partial charge is 0.228 e. The zero-order chi connectivity index (χ0) is 13.8. The number of hydrogen-bond acceptors (Lipinski definition) is 2. The number of hydrogen-bond donors (Lipinski definition) is 2. The van der Waals surface area contributed by atoms with E-state index in [2.05, 4.69) is 5.32 Å². The van der Waals surface area contributed by atoms with Gasteiger partial charge in [-0.3, -0.25) is 4.79 Å². The van der Waals surface area contributed by atoms with Crippen LogP contribution in [0.2, 0.25) is 0 Å². The molecule has 2 aromatic carbocycles. The van der Waals surface area contributed by atoms with Crippen molar-refractivity contribution in [1.82, 2.24) is 0 Å². The zero-order valence-corrected chi connectivity index (χ0v) is 11.2. The second-order valence-electron chi connectivity index (χ2n) is 4.72. The molecule has 0 aliphatic rings. The van der Waals surface area contributed by atoms with Crippen LogP contribution in [0.3, 0.4) is 0 Å². The fraction of sp³-hybridized carbons (Fsp3) is 0.188. The third-order valence-electron chi connectivity index (χ3n) is 3.20. The summed E-state index contributed by atoms with van der Waals surface area (Å²) in [5, 5.41) is 2.89. The number of aryl methyl sites for hydroxylation is 2. The summed E-state index contributed by atoms with van der Waals surface area (Å²) in [5.74, 6) is -0.0545. The van der Waals surface area contributed by atoms with Crippen LogP contribution in [0.1, 0.15) is 16.7 Å². The first-order valence-electron chi connectivity index (χ1n) is 6.27. The monoisotopic (exact) mass is 254 g/mol. The van der Waals surface area contributed by atoms with Crippen molar-refractivity contribution >= 4 is 17.3 Å². The molecule has 0 radical (unpaired) electrons. The minimum absolute atomic E-state index is 0.0545. The molecule has 3 nitrogen and oxygen atoms in total. The first kappa shape index (κ1) is 13.1. The molecule has 2 aromatic rings. The van der Waals surface area contributed by atoms with E-state index in [4.69, 9.17) is 5.73 Å². The molecule has 0 fully saturated rings. The van der Waals surface area contributed by atoms with Gasteiger partial charge in [-0.2, -0.15) is 0 Å². The Morgan fingerprint density at radius 1 is 1.11 bits per heavy atom. The van der Waals surface area contributed by atoms with E-state index in [0.29, 0.717) is 12.1 Å². The Morgan fingerprint density at radius 2 is 1.84 bits per heavy atom. The molecule has 2 rings (SSSR count). The molecule has 0 bridgehead atoms. The van der Waals surface area contributed by atoms with Crippen LogP contribution in [0.25, 0.3) is 0 Å². The van der Waals surface area contributed by atoms with Crippen molar-refractivity contribution in [1.29, 1.82) is 0 Å².